The molecule has 0 aliphatic carbocycles. The monoisotopic (exact) mass is 321 g/mol. The van der Waals surface area contributed by atoms with Crippen LogP contribution in [0, 0.1) is 6.92 Å². The van der Waals surface area contributed by atoms with Crippen LogP contribution in [0.15, 0.2) is 29.2 Å². The van der Waals surface area contributed by atoms with E-state index in [0.717, 1.165) is 29.2 Å². The van der Waals surface area contributed by atoms with Crippen molar-refractivity contribution in [1.29, 1.82) is 0 Å². The maximum Gasteiger partial charge on any atom is 0.236 e. The van der Waals surface area contributed by atoms with Gasteiger partial charge in [-0.05, 0) is 25.0 Å². The molecule has 0 saturated carbocycles. The van der Waals surface area contributed by atoms with Crippen molar-refractivity contribution in [3.05, 3.63) is 34.8 Å². The number of amides is 1. The van der Waals surface area contributed by atoms with Crippen LogP contribution >= 0.6 is 23.1 Å². The molecular formula is C15H19N3OS2. The molecule has 0 spiro atoms. The molecule has 0 aliphatic rings. The average molecular weight is 321 g/mol. The van der Waals surface area contributed by atoms with E-state index in [1.165, 1.54) is 28.7 Å². The lowest BCUT2D eigenvalue weighted by atomic mass is 10.2. The van der Waals surface area contributed by atoms with Crippen molar-refractivity contribution < 1.29 is 4.79 Å². The minimum atomic E-state index is -0.0403. The lowest BCUT2D eigenvalue weighted by molar-refractivity contribution is -0.113. The number of thioether (sulfide) groups is 1. The molecule has 0 atom stereocenters. The minimum Gasteiger partial charge on any atom is -0.300 e. The highest BCUT2D eigenvalue weighted by Gasteiger charge is 2.09. The standard InChI is InChI=1S/C15H19N3OS2/c1-3-4-9-14-17-18-15(21-14)16-13(19)10-20-12-8-6-5-7-11(12)2/h5-8H,3-4,9-10H2,1-2H3,(H,16,18,19). The maximum atomic E-state index is 11.9. The predicted octanol–water partition coefficient (Wildman–Crippen LogP) is 3.92. The van der Waals surface area contributed by atoms with Gasteiger partial charge in [0.05, 0.1) is 5.75 Å². The summed E-state index contributed by atoms with van der Waals surface area (Å²) in [5.74, 6) is 0.343. The Bertz CT molecular complexity index is 598. The molecule has 1 N–H and O–H groups in total. The number of rotatable bonds is 7. The largest absolute Gasteiger partial charge is 0.300 e. The van der Waals surface area contributed by atoms with Crippen LogP contribution in [0.4, 0.5) is 5.13 Å². The summed E-state index contributed by atoms with van der Waals surface area (Å²) in [4.78, 5) is 13.1. The Morgan fingerprint density at radius 1 is 1.33 bits per heavy atom. The summed E-state index contributed by atoms with van der Waals surface area (Å²) in [7, 11) is 0. The number of carbonyl (C=O) groups is 1. The Kier molecular flexibility index (Phi) is 6.20. The zero-order valence-corrected chi connectivity index (χ0v) is 13.9. The van der Waals surface area contributed by atoms with Crippen molar-refractivity contribution in [2.24, 2.45) is 0 Å². The molecule has 2 aromatic rings. The zero-order valence-electron chi connectivity index (χ0n) is 12.3. The Hall–Kier alpha value is -1.40. The second-order valence-electron chi connectivity index (χ2n) is 4.71. The predicted molar refractivity (Wildman–Crippen MR) is 89.1 cm³/mol. The van der Waals surface area contributed by atoms with Gasteiger partial charge in [-0.15, -0.1) is 22.0 Å². The van der Waals surface area contributed by atoms with Gasteiger partial charge in [0.2, 0.25) is 11.0 Å². The first-order valence-electron chi connectivity index (χ1n) is 6.99. The van der Waals surface area contributed by atoms with Gasteiger partial charge >= 0.3 is 0 Å². The first kappa shape index (κ1) is 16.0. The van der Waals surface area contributed by atoms with Gasteiger partial charge in [-0.25, -0.2) is 0 Å². The van der Waals surface area contributed by atoms with Gasteiger partial charge in [0.1, 0.15) is 5.01 Å². The van der Waals surface area contributed by atoms with Gasteiger partial charge in [-0.2, -0.15) is 0 Å². The highest BCUT2D eigenvalue weighted by Crippen LogP contribution is 2.22. The lowest BCUT2D eigenvalue weighted by Gasteiger charge is -2.04. The van der Waals surface area contributed by atoms with Crippen LogP contribution in [0.2, 0.25) is 0 Å². The third-order valence-electron chi connectivity index (χ3n) is 2.91. The number of hydrogen-bond acceptors (Lipinski definition) is 5. The fraction of sp³-hybridized carbons (Fsp3) is 0.400. The quantitative estimate of drug-likeness (QED) is 0.785. The third-order valence-corrected chi connectivity index (χ3v) is 4.98. The van der Waals surface area contributed by atoms with Crippen molar-refractivity contribution in [3.8, 4) is 0 Å². The summed E-state index contributed by atoms with van der Waals surface area (Å²) in [5.41, 5.74) is 1.19. The third kappa shape index (κ3) is 5.13. The molecule has 21 heavy (non-hydrogen) atoms. The molecule has 1 aromatic heterocycles. The minimum absolute atomic E-state index is 0.0403. The number of aryl methyl sites for hydroxylation is 2. The number of hydrogen-bond donors (Lipinski definition) is 1. The van der Waals surface area contributed by atoms with Gasteiger partial charge < -0.3 is 0 Å². The summed E-state index contributed by atoms with van der Waals surface area (Å²) in [6.45, 7) is 4.19. The van der Waals surface area contributed by atoms with E-state index in [-0.39, 0.29) is 5.91 Å². The second kappa shape index (κ2) is 8.14. The van der Waals surface area contributed by atoms with Crippen LogP contribution in [0.5, 0.6) is 0 Å². The van der Waals surface area contributed by atoms with E-state index in [9.17, 15) is 4.79 Å². The van der Waals surface area contributed by atoms with Crippen LogP contribution in [-0.2, 0) is 11.2 Å². The van der Waals surface area contributed by atoms with Crippen LogP contribution in [0.25, 0.3) is 0 Å². The molecule has 4 nitrogen and oxygen atoms in total. The summed E-state index contributed by atoms with van der Waals surface area (Å²) < 4.78 is 0. The van der Waals surface area contributed by atoms with Crippen molar-refractivity contribution in [2.45, 2.75) is 38.0 Å². The molecule has 1 heterocycles. The van der Waals surface area contributed by atoms with Crippen LogP contribution in [0.1, 0.15) is 30.3 Å². The molecule has 112 valence electrons. The first-order chi connectivity index (χ1) is 10.2. The molecule has 1 amide bonds. The van der Waals surface area contributed by atoms with Gasteiger partial charge in [0.15, 0.2) is 0 Å². The van der Waals surface area contributed by atoms with Gasteiger partial charge in [0.25, 0.3) is 0 Å². The Morgan fingerprint density at radius 3 is 2.90 bits per heavy atom. The van der Waals surface area contributed by atoms with Gasteiger partial charge in [-0.1, -0.05) is 42.9 Å². The van der Waals surface area contributed by atoms with Crippen LogP contribution < -0.4 is 5.32 Å². The molecule has 1 aromatic carbocycles. The Labute approximate surface area is 133 Å². The molecule has 0 radical (unpaired) electrons. The van der Waals surface area contributed by atoms with E-state index in [1.54, 1.807) is 0 Å². The molecule has 0 aliphatic heterocycles. The van der Waals surface area contributed by atoms with Crippen molar-refractivity contribution in [2.75, 3.05) is 11.1 Å². The van der Waals surface area contributed by atoms with E-state index >= 15 is 0 Å². The summed E-state index contributed by atoms with van der Waals surface area (Å²) >= 11 is 3.00. The number of nitrogens with zero attached hydrogens (tertiary/aromatic N) is 2. The number of anilines is 1. The van der Waals surface area contributed by atoms with E-state index in [4.69, 9.17) is 0 Å². The molecule has 6 heteroatoms. The zero-order chi connectivity index (χ0) is 15.1. The molecule has 0 saturated heterocycles. The van der Waals surface area contributed by atoms with Crippen LogP contribution in [-0.4, -0.2) is 21.9 Å². The number of aromatic nitrogens is 2. The Balaban J connectivity index is 1.82. The second-order valence-corrected chi connectivity index (χ2v) is 6.79. The van der Waals surface area contributed by atoms with E-state index < -0.39 is 0 Å². The Morgan fingerprint density at radius 2 is 2.14 bits per heavy atom. The van der Waals surface area contributed by atoms with Crippen molar-refractivity contribution in [3.63, 3.8) is 0 Å². The smallest absolute Gasteiger partial charge is 0.236 e. The number of benzene rings is 1. The maximum absolute atomic E-state index is 11.9. The van der Waals surface area contributed by atoms with Crippen LogP contribution in [0.3, 0.4) is 0 Å². The normalized spacial score (nSPS) is 10.6. The van der Waals surface area contributed by atoms with Gasteiger partial charge in [-0.3, -0.25) is 10.1 Å². The number of carbonyl (C=O) groups excluding carboxylic acids is 1. The van der Waals surface area contributed by atoms with E-state index in [0.29, 0.717) is 10.9 Å². The highest BCUT2D eigenvalue weighted by atomic mass is 32.2. The summed E-state index contributed by atoms with van der Waals surface area (Å²) in [5, 5.41) is 12.5. The number of unbranched alkanes of at least 4 members (excludes halogenated alkanes) is 1. The molecule has 0 fully saturated rings. The topological polar surface area (TPSA) is 54.9 Å². The fourth-order valence-electron chi connectivity index (χ4n) is 1.75. The average Bonchev–Trinajstić information content (AvgIpc) is 2.91. The molecule has 0 unspecified atom stereocenters. The van der Waals surface area contributed by atoms with Crippen molar-refractivity contribution >= 4 is 34.1 Å². The fourth-order valence-corrected chi connectivity index (χ4v) is 3.38. The molecule has 0 bridgehead atoms. The summed E-state index contributed by atoms with van der Waals surface area (Å²) in [6, 6.07) is 8.06. The molecular weight excluding hydrogens is 302 g/mol. The lowest BCUT2D eigenvalue weighted by Crippen LogP contribution is -2.13. The van der Waals surface area contributed by atoms with Crippen molar-refractivity contribution in [1.82, 2.24) is 10.2 Å². The number of nitrogens with one attached hydrogen (secondary N) is 1. The molecule has 2 rings (SSSR count). The van der Waals surface area contributed by atoms with Gasteiger partial charge in [0, 0.05) is 11.3 Å². The summed E-state index contributed by atoms with van der Waals surface area (Å²) in [6.07, 6.45) is 3.17. The van der Waals surface area contributed by atoms with E-state index in [2.05, 4.69) is 22.4 Å². The van der Waals surface area contributed by atoms with E-state index in [1.807, 2.05) is 31.2 Å². The first-order valence-corrected chi connectivity index (χ1v) is 8.80. The SMILES string of the molecule is CCCCc1nnc(NC(=O)CSc2ccccc2C)s1. The highest BCUT2D eigenvalue weighted by molar-refractivity contribution is 8.00.